The molecule has 1 aliphatic heterocycles. The fourth-order valence-corrected chi connectivity index (χ4v) is 1.31. The van der Waals surface area contributed by atoms with Gasteiger partial charge in [0.25, 0.3) is 5.91 Å². The van der Waals surface area contributed by atoms with Gasteiger partial charge in [-0.2, -0.15) is 0 Å². The van der Waals surface area contributed by atoms with Crippen LogP contribution in [0.1, 0.15) is 20.3 Å². The van der Waals surface area contributed by atoms with Crippen molar-refractivity contribution >= 4 is 33.7 Å². The van der Waals surface area contributed by atoms with Crippen LogP contribution in [0.3, 0.4) is 0 Å². The topological polar surface area (TPSA) is 66.5 Å². The molecular formula is C9H13BrN2O3. The van der Waals surface area contributed by atoms with Gasteiger partial charge in [-0.3, -0.25) is 19.3 Å². The minimum atomic E-state index is -0.739. The minimum Gasteiger partial charge on any atom is -0.343 e. The first kappa shape index (κ1) is 12.2. The van der Waals surface area contributed by atoms with Gasteiger partial charge in [0, 0.05) is 7.05 Å². The van der Waals surface area contributed by atoms with Crippen LogP contribution in [0.15, 0.2) is 0 Å². The van der Waals surface area contributed by atoms with Gasteiger partial charge in [0.05, 0.1) is 10.7 Å². The molecule has 6 heteroatoms. The minimum absolute atomic E-state index is 0.0458. The molecule has 1 N–H and O–H groups in total. The third kappa shape index (κ3) is 2.56. The second-order valence-corrected chi connectivity index (χ2v) is 5.98. The number of carbonyl (C=O) groups is 3. The molecule has 0 aromatic rings. The van der Waals surface area contributed by atoms with E-state index in [1.165, 1.54) is 7.05 Å². The molecule has 1 saturated heterocycles. The number of likely N-dealkylation sites (N-methyl/N-ethyl adjacent to an activating group) is 1. The Morgan fingerprint density at radius 1 is 1.53 bits per heavy atom. The van der Waals surface area contributed by atoms with E-state index in [9.17, 15) is 14.4 Å². The summed E-state index contributed by atoms with van der Waals surface area (Å²) in [5.74, 6) is -0.924. The number of nitrogens with one attached hydrogen (secondary N) is 1. The lowest BCUT2D eigenvalue weighted by Gasteiger charge is -2.18. The average molecular weight is 277 g/mol. The standard InChI is InChI=1S/C9H13BrN2O3/c1-9(2,10)8(15)11-5-4-6(13)12(3)7(5)14/h5H,4H2,1-3H3,(H,11,15). The van der Waals surface area contributed by atoms with Crippen LogP contribution in [0.2, 0.25) is 0 Å². The van der Waals surface area contributed by atoms with E-state index in [0.717, 1.165) is 4.90 Å². The number of likely N-dealkylation sites (tertiary alicyclic amines) is 1. The van der Waals surface area contributed by atoms with Crippen molar-refractivity contribution in [3.05, 3.63) is 0 Å². The van der Waals surface area contributed by atoms with Crippen molar-refractivity contribution in [2.75, 3.05) is 7.05 Å². The van der Waals surface area contributed by atoms with Crippen LogP contribution in [0.4, 0.5) is 0 Å². The molecule has 0 aromatic carbocycles. The number of hydrogen-bond acceptors (Lipinski definition) is 3. The molecule has 1 aliphatic rings. The summed E-state index contributed by atoms with van der Waals surface area (Å²) < 4.78 is -0.739. The van der Waals surface area contributed by atoms with Gasteiger partial charge in [0.1, 0.15) is 6.04 Å². The van der Waals surface area contributed by atoms with Gasteiger partial charge in [-0.05, 0) is 13.8 Å². The SMILES string of the molecule is CN1C(=O)CC(NC(=O)C(C)(C)Br)C1=O. The highest BCUT2D eigenvalue weighted by Crippen LogP contribution is 2.18. The van der Waals surface area contributed by atoms with Gasteiger partial charge in [-0.25, -0.2) is 0 Å². The predicted octanol–water partition coefficient (Wildman–Crippen LogP) is 0.0334. The Kier molecular flexibility index (Phi) is 3.18. The van der Waals surface area contributed by atoms with Crippen LogP contribution in [-0.2, 0) is 14.4 Å². The summed E-state index contributed by atoms with van der Waals surface area (Å²) >= 11 is 3.18. The quantitative estimate of drug-likeness (QED) is 0.572. The van der Waals surface area contributed by atoms with E-state index in [-0.39, 0.29) is 24.1 Å². The van der Waals surface area contributed by atoms with Gasteiger partial charge in [0.2, 0.25) is 11.8 Å². The molecule has 1 fully saturated rings. The van der Waals surface area contributed by atoms with Crippen LogP contribution in [0.5, 0.6) is 0 Å². The van der Waals surface area contributed by atoms with E-state index in [0.29, 0.717) is 0 Å². The van der Waals surface area contributed by atoms with E-state index in [1.807, 2.05) is 0 Å². The highest BCUT2D eigenvalue weighted by molar-refractivity contribution is 9.10. The Labute approximate surface area is 96.3 Å². The largest absolute Gasteiger partial charge is 0.343 e. The molecule has 3 amide bonds. The molecule has 0 radical (unpaired) electrons. The Bertz CT molecular complexity index is 322. The molecule has 15 heavy (non-hydrogen) atoms. The lowest BCUT2D eigenvalue weighted by Crippen LogP contribution is -2.46. The first-order valence-corrected chi connectivity index (χ1v) is 5.33. The molecular weight excluding hydrogens is 264 g/mol. The third-order valence-corrected chi connectivity index (χ3v) is 2.59. The highest BCUT2D eigenvalue weighted by Gasteiger charge is 2.38. The van der Waals surface area contributed by atoms with E-state index in [1.54, 1.807) is 13.8 Å². The van der Waals surface area contributed by atoms with Crippen LogP contribution < -0.4 is 5.32 Å². The molecule has 1 atom stereocenters. The molecule has 0 spiro atoms. The maximum Gasteiger partial charge on any atom is 0.252 e. The van der Waals surface area contributed by atoms with Crippen molar-refractivity contribution in [1.82, 2.24) is 10.2 Å². The first-order valence-electron chi connectivity index (χ1n) is 4.53. The van der Waals surface area contributed by atoms with Gasteiger partial charge in [-0.1, -0.05) is 15.9 Å². The van der Waals surface area contributed by atoms with Gasteiger partial charge in [-0.15, -0.1) is 0 Å². The summed E-state index contributed by atoms with van der Waals surface area (Å²) in [5.41, 5.74) is 0. The monoisotopic (exact) mass is 276 g/mol. The molecule has 0 aromatic heterocycles. The lowest BCUT2D eigenvalue weighted by molar-refractivity contribution is -0.138. The van der Waals surface area contributed by atoms with E-state index in [2.05, 4.69) is 21.2 Å². The van der Waals surface area contributed by atoms with Crippen molar-refractivity contribution in [2.45, 2.75) is 30.6 Å². The van der Waals surface area contributed by atoms with Crippen molar-refractivity contribution < 1.29 is 14.4 Å². The summed E-state index contributed by atoms with van der Waals surface area (Å²) in [6.45, 7) is 3.35. The Balaban J connectivity index is 2.66. The van der Waals surface area contributed by atoms with Gasteiger partial charge >= 0.3 is 0 Å². The third-order valence-electron chi connectivity index (χ3n) is 2.23. The normalized spacial score (nSPS) is 22.1. The molecule has 1 heterocycles. The summed E-state index contributed by atoms with van der Waals surface area (Å²) in [4.78, 5) is 35.2. The van der Waals surface area contributed by atoms with Crippen LogP contribution in [-0.4, -0.2) is 40.0 Å². The zero-order chi connectivity index (χ0) is 11.8. The van der Waals surface area contributed by atoms with Crippen molar-refractivity contribution in [3.63, 3.8) is 0 Å². The van der Waals surface area contributed by atoms with Gasteiger partial charge in [0.15, 0.2) is 0 Å². The van der Waals surface area contributed by atoms with E-state index in [4.69, 9.17) is 0 Å². The lowest BCUT2D eigenvalue weighted by atomic mass is 10.1. The number of nitrogens with zero attached hydrogens (tertiary/aromatic N) is 1. The first-order chi connectivity index (χ1) is 6.73. The molecule has 84 valence electrons. The maximum absolute atomic E-state index is 11.5. The molecule has 0 aliphatic carbocycles. The predicted molar refractivity (Wildman–Crippen MR) is 57.3 cm³/mol. The Morgan fingerprint density at radius 2 is 2.07 bits per heavy atom. The Morgan fingerprint density at radius 3 is 2.40 bits per heavy atom. The molecule has 5 nitrogen and oxygen atoms in total. The molecule has 1 unspecified atom stereocenters. The summed E-state index contributed by atoms with van der Waals surface area (Å²) in [6.07, 6.45) is 0.0458. The summed E-state index contributed by atoms with van der Waals surface area (Å²) in [7, 11) is 1.41. The number of halogens is 1. The zero-order valence-electron chi connectivity index (χ0n) is 8.83. The number of hydrogen-bond donors (Lipinski definition) is 1. The Hall–Kier alpha value is -0.910. The maximum atomic E-state index is 11.5. The summed E-state index contributed by atoms with van der Waals surface area (Å²) in [5, 5.41) is 2.53. The molecule has 0 saturated carbocycles. The average Bonchev–Trinajstić information content (AvgIpc) is 2.32. The van der Waals surface area contributed by atoms with Gasteiger partial charge < -0.3 is 5.32 Å². The van der Waals surface area contributed by atoms with Crippen LogP contribution in [0.25, 0.3) is 0 Å². The molecule has 0 bridgehead atoms. The van der Waals surface area contributed by atoms with Crippen molar-refractivity contribution in [2.24, 2.45) is 0 Å². The van der Waals surface area contributed by atoms with Crippen molar-refractivity contribution in [1.29, 1.82) is 0 Å². The summed E-state index contributed by atoms with van der Waals surface area (Å²) in [6, 6.07) is -0.716. The zero-order valence-corrected chi connectivity index (χ0v) is 10.4. The number of rotatable bonds is 2. The fraction of sp³-hybridized carbons (Fsp3) is 0.667. The molecule has 1 rings (SSSR count). The number of carbonyl (C=O) groups excluding carboxylic acids is 3. The second kappa shape index (κ2) is 3.92. The van der Waals surface area contributed by atoms with E-state index >= 15 is 0 Å². The smallest absolute Gasteiger partial charge is 0.252 e. The van der Waals surface area contributed by atoms with Crippen LogP contribution in [0, 0.1) is 0 Å². The van der Waals surface area contributed by atoms with E-state index < -0.39 is 10.4 Å². The number of imide groups is 1. The highest BCUT2D eigenvalue weighted by atomic mass is 79.9. The number of amides is 3. The second-order valence-electron chi connectivity index (χ2n) is 3.99. The number of alkyl halides is 1. The van der Waals surface area contributed by atoms with Crippen LogP contribution >= 0.6 is 15.9 Å². The fourth-order valence-electron chi connectivity index (χ4n) is 1.20. The van der Waals surface area contributed by atoms with Crippen molar-refractivity contribution in [3.8, 4) is 0 Å².